The number of hydrogen-bond donors (Lipinski definition) is 0. The molecule has 0 saturated heterocycles. The molecular formula is C51H42N2. The average Bonchev–Trinajstić information content (AvgIpc) is 3.67. The van der Waals surface area contributed by atoms with E-state index in [9.17, 15) is 0 Å². The summed E-state index contributed by atoms with van der Waals surface area (Å²) < 4.78 is 0. The first-order chi connectivity index (χ1) is 26.0. The van der Waals surface area contributed by atoms with Crippen molar-refractivity contribution < 1.29 is 0 Å². The minimum absolute atomic E-state index is 0.0589. The van der Waals surface area contributed by atoms with Crippen molar-refractivity contribution in [3.63, 3.8) is 0 Å². The van der Waals surface area contributed by atoms with Crippen LogP contribution in [-0.2, 0) is 5.41 Å². The third-order valence-electron chi connectivity index (χ3n) is 11.9. The minimum atomic E-state index is -0.0589. The monoisotopic (exact) mass is 682 g/mol. The summed E-state index contributed by atoms with van der Waals surface area (Å²) in [5, 5.41) is 0. The van der Waals surface area contributed by atoms with E-state index in [2.05, 4.69) is 206 Å². The molecule has 0 spiro atoms. The lowest BCUT2D eigenvalue weighted by molar-refractivity contribution is 0.660. The lowest BCUT2D eigenvalue weighted by Crippen LogP contribution is -2.32. The molecule has 0 N–H and O–H groups in total. The molecule has 0 bridgehead atoms. The third kappa shape index (κ3) is 5.24. The van der Waals surface area contributed by atoms with Crippen LogP contribution in [0.25, 0.3) is 27.8 Å². The first kappa shape index (κ1) is 31.6. The van der Waals surface area contributed by atoms with Crippen LogP contribution in [0.4, 0.5) is 22.7 Å². The fourth-order valence-corrected chi connectivity index (χ4v) is 9.23. The molecule has 53 heavy (non-hydrogen) atoms. The molecular weight excluding hydrogens is 641 g/mol. The smallest absolute Gasteiger partial charge is 0.0626 e. The molecule has 6 aromatic rings. The van der Waals surface area contributed by atoms with Crippen molar-refractivity contribution in [2.45, 2.75) is 38.1 Å². The Labute approximate surface area is 313 Å². The molecule has 2 unspecified atom stereocenters. The fourth-order valence-electron chi connectivity index (χ4n) is 9.23. The lowest BCUT2D eigenvalue weighted by Gasteiger charge is -2.31. The number of benzene rings is 6. The quantitative estimate of drug-likeness (QED) is 0.173. The average molecular weight is 683 g/mol. The third-order valence-corrected chi connectivity index (χ3v) is 11.9. The zero-order valence-corrected chi connectivity index (χ0v) is 30.3. The van der Waals surface area contributed by atoms with Crippen LogP contribution in [0.1, 0.15) is 43.4 Å². The predicted molar refractivity (Wildman–Crippen MR) is 223 cm³/mol. The second-order valence-corrected chi connectivity index (χ2v) is 15.3. The summed E-state index contributed by atoms with van der Waals surface area (Å²) in [5.41, 5.74) is 18.1. The van der Waals surface area contributed by atoms with Crippen LogP contribution in [0, 0.1) is 5.92 Å². The maximum atomic E-state index is 2.56. The summed E-state index contributed by atoms with van der Waals surface area (Å²) in [4.78, 5) is 4.96. The number of allylic oxidation sites excluding steroid dienone is 4. The highest BCUT2D eigenvalue weighted by Crippen LogP contribution is 2.51. The summed E-state index contributed by atoms with van der Waals surface area (Å²) in [6.07, 6.45) is 14.2. The molecule has 10 rings (SSSR count). The van der Waals surface area contributed by atoms with Crippen LogP contribution in [0.5, 0.6) is 0 Å². The highest BCUT2D eigenvalue weighted by molar-refractivity contribution is 5.86. The topological polar surface area (TPSA) is 6.48 Å². The van der Waals surface area contributed by atoms with E-state index in [-0.39, 0.29) is 11.5 Å². The Bertz CT molecular complexity index is 2460. The van der Waals surface area contributed by atoms with Gasteiger partial charge < -0.3 is 9.80 Å². The van der Waals surface area contributed by atoms with Gasteiger partial charge in [-0.15, -0.1) is 0 Å². The Balaban J connectivity index is 0.967. The summed E-state index contributed by atoms with van der Waals surface area (Å²) in [6, 6.07) is 55.9. The molecule has 4 aliphatic rings. The largest absolute Gasteiger partial charge is 0.334 e. The van der Waals surface area contributed by atoms with Crippen molar-refractivity contribution in [3.8, 4) is 22.3 Å². The fraction of sp³-hybridized carbons (Fsp3) is 0.137. The van der Waals surface area contributed by atoms with Crippen LogP contribution < -0.4 is 9.80 Å². The van der Waals surface area contributed by atoms with Gasteiger partial charge in [-0.1, -0.05) is 141 Å². The van der Waals surface area contributed by atoms with E-state index >= 15 is 0 Å². The van der Waals surface area contributed by atoms with Crippen molar-refractivity contribution in [3.05, 3.63) is 210 Å². The van der Waals surface area contributed by atoms with Gasteiger partial charge in [0.15, 0.2) is 0 Å². The van der Waals surface area contributed by atoms with Crippen LogP contribution >= 0.6 is 0 Å². The van der Waals surface area contributed by atoms with E-state index in [1.807, 2.05) is 0 Å². The Morgan fingerprint density at radius 2 is 1.23 bits per heavy atom. The summed E-state index contributed by atoms with van der Waals surface area (Å²) in [5.74, 6) is 0.350. The summed E-state index contributed by atoms with van der Waals surface area (Å²) in [7, 11) is 0. The first-order valence-corrected chi connectivity index (χ1v) is 19.0. The summed E-state index contributed by atoms with van der Waals surface area (Å²) >= 11 is 0. The Morgan fingerprint density at radius 1 is 0.585 bits per heavy atom. The minimum Gasteiger partial charge on any atom is -0.334 e. The molecule has 2 atom stereocenters. The molecule has 0 amide bonds. The first-order valence-electron chi connectivity index (χ1n) is 19.0. The highest BCUT2D eigenvalue weighted by Gasteiger charge is 2.40. The van der Waals surface area contributed by atoms with Gasteiger partial charge in [0, 0.05) is 39.8 Å². The van der Waals surface area contributed by atoms with E-state index in [4.69, 9.17) is 0 Å². The Kier molecular flexibility index (Phi) is 7.47. The maximum absolute atomic E-state index is 2.56. The molecule has 0 fully saturated rings. The number of hydrogen-bond acceptors (Lipinski definition) is 2. The van der Waals surface area contributed by atoms with Gasteiger partial charge in [0.05, 0.1) is 6.04 Å². The van der Waals surface area contributed by atoms with Crippen molar-refractivity contribution >= 4 is 28.3 Å². The molecule has 0 radical (unpaired) electrons. The van der Waals surface area contributed by atoms with Crippen molar-refractivity contribution in [2.75, 3.05) is 9.80 Å². The number of rotatable bonds is 6. The molecule has 1 aliphatic heterocycles. The van der Waals surface area contributed by atoms with Crippen LogP contribution in [0.3, 0.4) is 0 Å². The van der Waals surface area contributed by atoms with Gasteiger partial charge in [0.2, 0.25) is 0 Å². The second-order valence-electron chi connectivity index (χ2n) is 15.3. The molecule has 0 aromatic heterocycles. The van der Waals surface area contributed by atoms with Crippen molar-refractivity contribution in [1.29, 1.82) is 0 Å². The molecule has 1 heterocycles. The van der Waals surface area contributed by atoms with Gasteiger partial charge >= 0.3 is 0 Å². The lowest BCUT2D eigenvalue weighted by atomic mass is 9.82. The molecule has 3 aliphatic carbocycles. The van der Waals surface area contributed by atoms with E-state index in [1.165, 1.54) is 61.6 Å². The van der Waals surface area contributed by atoms with Crippen LogP contribution in [0.15, 0.2) is 193 Å². The number of nitrogens with zero attached hydrogens (tertiary/aromatic N) is 2. The van der Waals surface area contributed by atoms with Gasteiger partial charge in [0.25, 0.3) is 0 Å². The number of para-hydroxylation sites is 1. The van der Waals surface area contributed by atoms with Gasteiger partial charge in [-0.25, -0.2) is 0 Å². The van der Waals surface area contributed by atoms with Crippen LogP contribution in [-0.4, -0.2) is 6.04 Å². The van der Waals surface area contributed by atoms with E-state index in [0.717, 1.165) is 24.2 Å². The van der Waals surface area contributed by atoms with Crippen molar-refractivity contribution in [2.24, 2.45) is 5.92 Å². The zero-order valence-electron chi connectivity index (χ0n) is 30.3. The Morgan fingerprint density at radius 3 is 2.02 bits per heavy atom. The molecule has 2 heteroatoms. The van der Waals surface area contributed by atoms with Crippen molar-refractivity contribution in [1.82, 2.24) is 0 Å². The molecule has 0 saturated carbocycles. The van der Waals surface area contributed by atoms with Gasteiger partial charge in [-0.05, 0) is 118 Å². The van der Waals surface area contributed by atoms with Gasteiger partial charge in [-0.2, -0.15) is 0 Å². The van der Waals surface area contributed by atoms with E-state index < -0.39 is 0 Å². The van der Waals surface area contributed by atoms with Crippen LogP contribution in [0.2, 0.25) is 0 Å². The highest BCUT2D eigenvalue weighted by atomic mass is 15.2. The van der Waals surface area contributed by atoms with E-state index in [1.54, 1.807) is 5.57 Å². The van der Waals surface area contributed by atoms with Gasteiger partial charge in [-0.3, -0.25) is 0 Å². The molecule has 6 aromatic carbocycles. The second kappa shape index (κ2) is 12.5. The molecule has 2 nitrogen and oxygen atoms in total. The summed E-state index contributed by atoms with van der Waals surface area (Å²) in [6.45, 7) is 4.71. The zero-order chi connectivity index (χ0) is 35.5. The SMILES string of the molecule is CC1(C)c2ccccc2-c2ccc(N(c3ccccc3)c3ccc(C4=CC5C6=C(C=CCC6)N(c6ccc(-c7ccccc7)cc6)C5C=C4)cc3)cc21. The Hall–Kier alpha value is -6.12. The van der Waals surface area contributed by atoms with Gasteiger partial charge in [0.1, 0.15) is 0 Å². The number of anilines is 4. The normalized spacial score (nSPS) is 19.0. The number of fused-ring (bicyclic) bond motifs is 5. The molecule has 256 valence electrons. The van der Waals surface area contributed by atoms with E-state index in [0.29, 0.717) is 5.92 Å². The standard InChI is InChI=1S/C51H42N2/c1-51(2)47-19-11-9-17-43(47)44-31-30-42(34-48(44)51)52(39-15-7-4-8-16-39)40-26-23-37(24-27-40)38-25-32-50-46(33-38)45-18-10-12-20-49(45)53(50)41-28-21-36(22-29-41)35-13-5-3-6-14-35/h3-9,11-17,19-34,46,50H,10,18H2,1-2H3. The maximum Gasteiger partial charge on any atom is 0.0626 e. The predicted octanol–water partition coefficient (Wildman–Crippen LogP) is 13.2.